The summed E-state index contributed by atoms with van der Waals surface area (Å²) < 4.78 is 26.0. The van der Waals surface area contributed by atoms with Crippen molar-refractivity contribution < 1.29 is 8.42 Å². The van der Waals surface area contributed by atoms with E-state index in [1.807, 2.05) is 0 Å². The zero-order chi connectivity index (χ0) is 12.3. The molecule has 6 nitrogen and oxygen atoms in total. The molecule has 0 atom stereocenters. The summed E-state index contributed by atoms with van der Waals surface area (Å²) in [6.07, 6.45) is 2.57. The molecule has 2 rings (SSSR count). The maximum Gasteiger partial charge on any atom is 0.243 e. The van der Waals surface area contributed by atoms with E-state index in [1.54, 1.807) is 24.3 Å². The number of aromatic amines is 1. The third-order valence-electron chi connectivity index (χ3n) is 2.20. The molecule has 0 aliphatic rings. The van der Waals surface area contributed by atoms with Gasteiger partial charge in [0.25, 0.3) is 0 Å². The van der Waals surface area contributed by atoms with Crippen LogP contribution in [0.25, 0.3) is 0 Å². The van der Waals surface area contributed by atoms with Crippen LogP contribution in [0.4, 0.5) is 5.69 Å². The molecular weight excluding hydrogens is 240 g/mol. The van der Waals surface area contributed by atoms with Crippen molar-refractivity contribution in [1.29, 1.82) is 0 Å². The van der Waals surface area contributed by atoms with Crippen molar-refractivity contribution in [3.05, 3.63) is 42.2 Å². The highest BCUT2D eigenvalue weighted by Crippen LogP contribution is 2.09. The molecule has 0 fully saturated rings. The van der Waals surface area contributed by atoms with Gasteiger partial charge in [-0.15, -0.1) is 0 Å². The Morgan fingerprint density at radius 1 is 1.41 bits per heavy atom. The number of H-pyrrole nitrogens is 1. The van der Waals surface area contributed by atoms with Crippen LogP contribution in [0.3, 0.4) is 0 Å². The highest BCUT2D eigenvalue weighted by molar-refractivity contribution is 7.89. The summed E-state index contributed by atoms with van der Waals surface area (Å²) in [6.45, 7) is 0.193. The Morgan fingerprint density at radius 2 is 2.24 bits per heavy atom. The summed E-state index contributed by atoms with van der Waals surface area (Å²) in [5, 5.41) is 6.05. The van der Waals surface area contributed by atoms with Gasteiger partial charge in [-0.05, 0) is 17.7 Å². The molecule has 0 amide bonds. The first kappa shape index (κ1) is 11.6. The summed E-state index contributed by atoms with van der Waals surface area (Å²) in [4.78, 5) is 0.112. The number of anilines is 1. The van der Waals surface area contributed by atoms with Crippen LogP contribution in [0.1, 0.15) is 5.56 Å². The number of aromatic nitrogens is 2. The quantitative estimate of drug-likeness (QED) is 0.688. The average Bonchev–Trinajstić information content (AvgIpc) is 2.81. The Morgan fingerprint density at radius 3 is 2.88 bits per heavy atom. The summed E-state index contributed by atoms with van der Waals surface area (Å²) in [5.74, 6) is 0. The predicted molar refractivity (Wildman–Crippen MR) is 63.5 cm³/mol. The lowest BCUT2D eigenvalue weighted by molar-refractivity contribution is 0.581. The Kier molecular flexibility index (Phi) is 3.12. The van der Waals surface area contributed by atoms with Crippen molar-refractivity contribution in [3.8, 4) is 0 Å². The minimum atomic E-state index is -3.51. The highest BCUT2D eigenvalue weighted by atomic mass is 32.2. The molecule has 17 heavy (non-hydrogen) atoms. The van der Waals surface area contributed by atoms with Crippen LogP contribution in [0.2, 0.25) is 0 Å². The summed E-state index contributed by atoms with van der Waals surface area (Å²) in [7, 11) is -3.51. The molecule has 0 aliphatic heterocycles. The fraction of sp³-hybridized carbons (Fsp3) is 0.100. The third kappa shape index (κ3) is 2.83. The molecule has 0 saturated heterocycles. The predicted octanol–water partition coefficient (Wildman–Crippen LogP) is 0.470. The van der Waals surface area contributed by atoms with E-state index in [1.165, 1.54) is 12.4 Å². The Bertz CT molecular complexity index is 593. The maximum absolute atomic E-state index is 11.7. The fourth-order valence-electron chi connectivity index (χ4n) is 1.35. The zero-order valence-corrected chi connectivity index (χ0v) is 9.74. The third-order valence-corrected chi connectivity index (χ3v) is 3.57. The topological polar surface area (TPSA) is 101 Å². The second-order valence-corrected chi connectivity index (χ2v) is 5.27. The van der Waals surface area contributed by atoms with Crippen molar-refractivity contribution in [2.24, 2.45) is 0 Å². The van der Waals surface area contributed by atoms with E-state index in [9.17, 15) is 8.42 Å². The summed E-state index contributed by atoms with van der Waals surface area (Å²) in [6, 6.07) is 7.04. The average molecular weight is 252 g/mol. The van der Waals surface area contributed by atoms with Crippen LogP contribution in [0.5, 0.6) is 0 Å². The van der Waals surface area contributed by atoms with Gasteiger partial charge in [0.1, 0.15) is 4.90 Å². The number of nitrogens with two attached hydrogens (primary N) is 1. The van der Waals surface area contributed by atoms with E-state index >= 15 is 0 Å². The van der Waals surface area contributed by atoms with E-state index in [0.29, 0.717) is 5.69 Å². The monoisotopic (exact) mass is 252 g/mol. The van der Waals surface area contributed by atoms with Crippen molar-refractivity contribution in [3.63, 3.8) is 0 Å². The molecule has 0 bridgehead atoms. The molecule has 7 heteroatoms. The lowest BCUT2D eigenvalue weighted by Gasteiger charge is -2.05. The Balaban J connectivity index is 2.08. The lowest BCUT2D eigenvalue weighted by atomic mass is 10.2. The van der Waals surface area contributed by atoms with Gasteiger partial charge in [-0.1, -0.05) is 12.1 Å². The molecule has 0 spiro atoms. The first-order valence-corrected chi connectivity index (χ1v) is 6.39. The van der Waals surface area contributed by atoms with Crippen molar-refractivity contribution in [2.75, 3.05) is 5.73 Å². The molecule has 0 aliphatic carbocycles. The van der Waals surface area contributed by atoms with Crippen LogP contribution in [-0.2, 0) is 16.6 Å². The minimum absolute atomic E-state index is 0.112. The number of sulfonamides is 1. The molecule has 0 saturated carbocycles. The minimum Gasteiger partial charge on any atom is -0.399 e. The normalized spacial score (nSPS) is 11.5. The van der Waals surface area contributed by atoms with E-state index in [2.05, 4.69) is 14.9 Å². The number of nitrogen functional groups attached to an aromatic ring is 1. The molecule has 1 aromatic carbocycles. The van der Waals surface area contributed by atoms with Gasteiger partial charge in [-0.3, -0.25) is 5.10 Å². The maximum atomic E-state index is 11.7. The largest absolute Gasteiger partial charge is 0.399 e. The van der Waals surface area contributed by atoms with Crippen LogP contribution in [0, 0.1) is 0 Å². The summed E-state index contributed by atoms with van der Waals surface area (Å²) >= 11 is 0. The van der Waals surface area contributed by atoms with Gasteiger partial charge >= 0.3 is 0 Å². The van der Waals surface area contributed by atoms with Crippen LogP contribution in [-0.4, -0.2) is 18.6 Å². The van der Waals surface area contributed by atoms with E-state index < -0.39 is 10.0 Å². The van der Waals surface area contributed by atoms with E-state index in [4.69, 9.17) is 5.73 Å². The second-order valence-electron chi connectivity index (χ2n) is 3.50. The zero-order valence-electron chi connectivity index (χ0n) is 8.92. The van der Waals surface area contributed by atoms with E-state index in [-0.39, 0.29) is 11.4 Å². The van der Waals surface area contributed by atoms with Gasteiger partial charge in [0.15, 0.2) is 0 Å². The molecule has 2 aromatic rings. The number of rotatable bonds is 4. The van der Waals surface area contributed by atoms with Crippen molar-refractivity contribution in [2.45, 2.75) is 11.4 Å². The first-order valence-electron chi connectivity index (χ1n) is 4.91. The number of nitrogens with one attached hydrogen (secondary N) is 2. The van der Waals surface area contributed by atoms with Gasteiger partial charge < -0.3 is 5.73 Å². The fourth-order valence-corrected chi connectivity index (χ4v) is 2.27. The van der Waals surface area contributed by atoms with Crippen molar-refractivity contribution in [1.82, 2.24) is 14.9 Å². The molecule has 1 heterocycles. The second kappa shape index (κ2) is 4.56. The molecule has 90 valence electrons. The van der Waals surface area contributed by atoms with Gasteiger partial charge in [0.2, 0.25) is 10.0 Å². The number of hydrogen-bond acceptors (Lipinski definition) is 4. The Labute approximate surface area is 98.9 Å². The number of nitrogens with zero attached hydrogens (tertiary/aromatic N) is 1. The van der Waals surface area contributed by atoms with Crippen LogP contribution in [0.15, 0.2) is 41.6 Å². The molecule has 0 unspecified atom stereocenters. The SMILES string of the molecule is Nc1cccc(CNS(=O)(=O)c2cn[nH]c2)c1. The lowest BCUT2D eigenvalue weighted by Crippen LogP contribution is -2.22. The summed E-state index contributed by atoms with van der Waals surface area (Å²) in [5.41, 5.74) is 7.00. The van der Waals surface area contributed by atoms with Gasteiger partial charge in [0, 0.05) is 18.4 Å². The highest BCUT2D eigenvalue weighted by Gasteiger charge is 2.14. The molecule has 1 aromatic heterocycles. The first-order chi connectivity index (χ1) is 8.08. The van der Waals surface area contributed by atoms with E-state index in [0.717, 1.165) is 5.56 Å². The molecular formula is C10H12N4O2S. The number of hydrogen-bond donors (Lipinski definition) is 3. The van der Waals surface area contributed by atoms with Gasteiger partial charge in [-0.25, -0.2) is 13.1 Å². The molecule has 4 N–H and O–H groups in total. The Hall–Kier alpha value is -1.86. The van der Waals surface area contributed by atoms with Crippen LogP contribution >= 0.6 is 0 Å². The molecule has 0 radical (unpaired) electrons. The smallest absolute Gasteiger partial charge is 0.243 e. The van der Waals surface area contributed by atoms with Gasteiger partial charge in [0.05, 0.1) is 6.20 Å². The number of benzene rings is 1. The standard InChI is InChI=1S/C10H12N4O2S/c11-9-3-1-2-8(4-9)5-14-17(15,16)10-6-12-13-7-10/h1-4,6-7,14H,5,11H2,(H,12,13). The van der Waals surface area contributed by atoms with Crippen LogP contribution < -0.4 is 10.5 Å². The van der Waals surface area contributed by atoms with Crippen molar-refractivity contribution >= 4 is 15.7 Å². The van der Waals surface area contributed by atoms with Gasteiger partial charge in [-0.2, -0.15) is 5.10 Å².